The summed E-state index contributed by atoms with van der Waals surface area (Å²) in [7, 11) is 0. The highest BCUT2D eigenvalue weighted by Crippen LogP contribution is 2.66. The Morgan fingerprint density at radius 2 is 0.682 bits per heavy atom. The highest BCUT2D eigenvalue weighted by Gasteiger charge is 2.77. The summed E-state index contributed by atoms with van der Waals surface area (Å²) in [5, 5.41) is 51.8. The summed E-state index contributed by atoms with van der Waals surface area (Å²) >= 11 is 0. The molecule has 6 aromatic rings. The molecule has 10 atom stereocenters. The fourth-order valence-electron chi connectivity index (χ4n) is 10.0. The van der Waals surface area contributed by atoms with Crippen molar-refractivity contribution in [2.75, 3.05) is 6.61 Å². The number of ether oxygens (including phenoxy) is 2. The third kappa shape index (κ3) is 9.17. The lowest BCUT2D eigenvalue weighted by Crippen LogP contribution is -2.80. The first kappa shape index (κ1) is 49.0. The van der Waals surface area contributed by atoms with E-state index < -0.39 is 71.5 Å². The van der Waals surface area contributed by atoms with Crippen LogP contribution in [0.4, 0.5) is 0 Å². The van der Waals surface area contributed by atoms with E-state index in [1.54, 1.807) is 36.5 Å². The van der Waals surface area contributed by atoms with Crippen LogP contribution in [0, 0.1) is 0 Å². The fourth-order valence-corrected chi connectivity index (χ4v) is 10.0. The van der Waals surface area contributed by atoms with Gasteiger partial charge in [-0.05, 0) is 33.4 Å². The minimum absolute atomic E-state index is 0.514. The van der Waals surface area contributed by atoms with E-state index >= 15 is 5.11 Å². The molecule has 0 amide bonds. The standard InChI is InChI=1S/C60H62O6/c1-7-50(44-31-19-13-20-32-44)58(64,57(63)54(62)43-61)60(53(10-4)47-37-25-16-26-38-47,66-56(12-6)49-41-29-18-30-42-49)59(51(8-2)45-33-21-14-22-34-45,52(9-3)46-35-23-15-24-36-46)65-55(11-5)48-39-27-17-28-40-48/h7-42,50-57,61-64H,1-6,43H2/t50?,51?,52?,53?,54-,55?,56?,57-,58+,59?,60-/m1/s1. The molecule has 0 radical (unpaired) electrons. The van der Waals surface area contributed by atoms with Crippen LogP contribution in [0.2, 0.25) is 0 Å². The molecule has 6 rings (SSSR count). The van der Waals surface area contributed by atoms with E-state index in [0.29, 0.717) is 27.8 Å². The Hall–Kier alpha value is -6.48. The number of aliphatic hydroxyl groups excluding tert-OH is 3. The summed E-state index contributed by atoms with van der Waals surface area (Å²) in [5.41, 5.74) is -3.36. The lowest BCUT2D eigenvalue weighted by atomic mass is 9.48. The van der Waals surface area contributed by atoms with E-state index in [9.17, 15) is 15.3 Å². The normalized spacial score (nSPS) is 17.8. The first-order chi connectivity index (χ1) is 32.2. The van der Waals surface area contributed by atoms with E-state index in [-0.39, 0.29) is 0 Å². The summed E-state index contributed by atoms with van der Waals surface area (Å²) in [4.78, 5) is 0. The van der Waals surface area contributed by atoms with E-state index in [2.05, 4.69) is 39.5 Å². The maximum atomic E-state index is 15.3. The molecule has 0 bridgehead atoms. The molecule has 0 aromatic heterocycles. The number of hydrogen-bond acceptors (Lipinski definition) is 6. The van der Waals surface area contributed by atoms with Crippen molar-refractivity contribution in [1.29, 1.82) is 0 Å². The van der Waals surface area contributed by atoms with Crippen LogP contribution in [0.5, 0.6) is 0 Å². The minimum atomic E-state index is -2.78. The molecule has 0 aliphatic carbocycles. The van der Waals surface area contributed by atoms with Crippen molar-refractivity contribution in [2.45, 2.75) is 64.9 Å². The summed E-state index contributed by atoms with van der Waals surface area (Å²) in [6.45, 7) is 25.7. The monoisotopic (exact) mass is 878 g/mol. The molecule has 66 heavy (non-hydrogen) atoms. The van der Waals surface area contributed by atoms with Crippen LogP contribution in [0.15, 0.2) is 258 Å². The molecule has 0 saturated carbocycles. The van der Waals surface area contributed by atoms with Gasteiger partial charge in [0.15, 0.2) is 0 Å². The fraction of sp³-hybridized carbons (Fsp3) is 0.200. The second-order valence-electron chi connectivity index (χ2n) is 16.4. The molecule has 4 N–H and O–H groups in total. The molecule has 0 aliphatic heterocycles. The number of aliphatic hydroxyl groups is 4. The Labute approximate surface area is 391 Å². The molecule has 6 nitrogen and oxygen atoms in total. The predicted octanol–water partition coefficient (Wildman–Crippen LogP) is 11.7. The maximum absolute atomic E-state index is 15.3. The third-order valence-corrected chi connectivity index (χ3v) is 12.9. The van der Waals surface area contributed by atoms with Crippen molar-refractivity contribution in [3.8, 4) is 0 Å². The van der Waals surface area contributed by atoms with Gasteiger partial charge in [0.1, 0.15) is 41.2 Å². The Bertz CT molecular complexity index is 2410. The molecule has 0 saturated heterocycles. The summed E-state index contributed by atoms with van der Waals surface area (Å²) in [6.07, 6.45) is 3.94. The Balaban J connectivity index is 2.04. The van der Waals surface area contributed by atoms with Gasteiger partial charge in [0.2, 0.25) is 0 Å². The van der Waals surface area contributed by atoms with Crippen LogP contribution in [0.25, 0.3) is 0 Å². The van der Waals surface area contributed by atoms with E-state index in [4.69, 9.17) is 9.47 Å². The molecular weight excluding hydrogens is 817 g/mol. The Morgan fingerprint density at radius 3 is 0.985 bits per heavy atom. The van der Waals surface area contributed by atoms with E-state index in [0.717, 1.165) is 5.56 Å². The van der Waals surface area contributed by atoms with Gasteiger partial charge in [-0.2, -0.15) is 0 Å². The molecular formula is C60H62O6. The number of benzene rings is 6. The smallest absolute Gasteiger partial charge is 0.142 e. The largest absolute Gasteiger partial charge is 0.394 e. The molecule has 0 fully saturated rings. The first-order valence-electron chi connectivity index (χ1n) is 22.3. The molecule has 0 heterocycles. The highest BCUT2D eigenvalue weighted by atomic mass is 16.6. The van der Waals surface area contributed by atoms with Crippen molar-refractivity contribution in [3.63, 3.8) is 0 Å². The Kier molecular flexibility index (Phi) is 16.8. The van der Waals surface area contributed by atoms with Crippen molar-refractivity contribution in [1.82, 2.24) is 0 Å². The van der Waals surface area contributed by atoms with E-state index in [1.165, 1.54) is 0 Å². The van der Waals surface area contributed by atoms with Gasteiger partial charge in [0, 0.05) is 23.7 Å². The van der Waals surface area contributed by atoms with Crippen molar-refractivity contribution in [2.24, 2.45) is 0 Å². The first-order valence-corrected chi connectivity index (χ1v) is 22.3. The predicted molar refractivity (Wildman–Crippen MR) is 268 cm³/mol. The maximum Gasteiger partial charge on any atom is 0.142 e. The quantitative estimate of drug-likeness (QED) is 0.0428. The summed E-state index contributed by atoms with van der Waals surface area (Å²) in [5.74, 6) is -4.41. The third-order valence-electron chi connectivity index (χ3n) is 12.9. The van der Waals surface area contributed by atoms with Crippen LogP contribution < -0.4 is 0 Å². The van der Waals surface area contributed by atoms with Gasteiger partial charge < -0.3 is 29.9 Å². The van der Waals surface area contributed by atoms with Crippen molar-refractivity contribution in [3.05, 3.63) is 291 Å². The molecule has 6 heteroatoms. The van der Waals surface area contributed by atoms with Crippen LogP contribution in [-0.4, -0.2) is 56.0 Å². The van der Waals surface area contributed by atoms with Crippen LogP contribution >= 0.6 is 0 Å². The highest BCUT2D eigenvalue weighted by molar-refractivity contribution is 5.49. The van der Waals surface area contributed by atoms with Gasteiger partial charge in [0.05, 0.1) is 6.61 Å². The second kappa shape index (κ2) is 22.6. The van der Waals surface area contributed by atoms with Gasteiger partial charge in [-0.1, -0.05) is 218 Å². The molecule has 6 aromatic carbocycles. The molecule has 0 spiro atoms. The molecule has 0 aliphatic rings. The average molecular weight is 879 g/mol. The topological polar surface area (TPSA) is 99.4 Å². The molecule has 6 unspecified atom stereocenters. The van der Waals surface area contributed by atoms with Crippen molar-refractivity contribution < 1.29 is 29.9 Å². The summed E-state index contributed by atoms with van der Waals surface area (Å²) in [6, 6.07) is 56.9. The zero-order valence-electron chi connectivity index (χ0n) is 37.5. The number of hydrogen-bond donors (Lipinski definition) is 4. The van der Waals surface area contributed by atoms with E-state index in [1.807, 2.05) is 182 Å². The van der Waals surface area contributed by atoms with Crippen LogP contribution in [0.1, 0.15) is 69.3 Å². The van der Waals surface area contributed by atoms with Crippen LogP contribution in [-0.2, 0) is 9.47 Å². The van der Waals surface area contributed by atoms with Crippen molar-refractivity contribution >= 4 is 0 Å². The van der Waals surface area contributed by atoms with Gasteiger partial charge in [-0.25, -0.2) is 0 Å². The number of rotatable bonds is 25. The average Bonchev–Trinajstić information content (AvgIpc) is 3.38. The van der Waals surface area contributed by atoms with Crippen LogP contribution in [0.3, 0.4) is 0 Å². The SMILES string of the molecule is C=CC(OC(C(C=C)c1ccccc1)(C(C=C)c1ccccc1)[C@@](OC(C=C)c1ccccc1)(C(C=C)c1ccccc1)[C@](O)(C(C=C)c1ccccc1)[C@H](O)[C@H](O)CO)c1ccccc1. The summed E-state index contributed by atoms with van der Waals surface area (Å²) < 4.78 is 16.3. The zero-order valence-corrected chi connectivity index (χ0v) is 37.5. The zero-order chi connectivity index (χ0) is 47.2. The second-order valence-corrected chi connectivity index (χ2v) is 16.4. The van der Waals surface area contributed by atoms with Gasteiger partial charge in [-0.15, -0.1) is 39.5 Å². The molecule has 338 valence electrons. The lowest BCUT2D eigenvalue weighted by molar-refractivity contribution is -0.340. The lowest BCUT2D eigenvalue weighted by Gasteiger charge is -2.67. The van der Waals surface area contributed by atoms with Gasteiger partial charge in [0.25, 0.3) is 0 Å². The minimum Gasteiger partial charge on any atom is -0.394 e. The van der Waals surface area contributed by atoms with Gasteiger partial charge >= 0.3 is 0 Å². The van der Waals surface area contributed by atoms with Gasteiger partial charge in [-0.3, -0.25) is 0 Å². The Morgan fingerprint density at radius 1 is 0.394 bits per heavy atom.